The number of nitrogens with two attached hydrogens (primary N) is 1. The molecule has 2 aliphatic carbocycles. The van der Waals surface area contributed by atoms with E-state index >= 15 is 0 Å². The van der Waals surface area contributed by atoms with E-state index in [1.165, 1.54) is 19.3 Å². The lowest BCUT2D eigenvalue weighted by atomic mass is 9.68. The zero-order valence-corrected chi connectivity index (χ0v) is 14.1. The maximum atomic E-state index is 12.9. The molecule has 1 aromatic rings. The van der Waals surface area contributed by atoms with E-state index in [-0.39, 0.29) is 6.03 Å². The number of carbonyl (C=O) groups excluding carboxylic acids is 2. The third-order valence-electron chi connectivity index (χ3n) is 6.13. The van der Waals surface area contributed by atoms with Crippen LogP contribution < -0.4 is 11.1 Å². The summed E-state index contributed by atoms with van der Waals surface area (Å²) >= 11 is 0. The lowest BCUT2D eigenvalue weighted by molar-refractivity contribution is 0.1000. The lowest BCUT2D eigenvalue weighted by Crippen LogP contribution is -2.44. The summed E-state index contributed by atoms with van der Waals surface area (Å²) in [4.78, 5) is 26.4. The number of hydrogen-bond acceptors (Lipinski definition) is 2. The SMILES string of the molecule is Cc1ccc(C(N)=O)cc1NC(=O)N1CC2CC3CC(C2)CC1C3. The van der Waals surface area contributed by atoms with Gasteiger partial charge in [0.05, 0.1) is 0 Å². The number of benzene rings is 1. The van der Waals surface area contributed by atoms with Gasteiger partial charge in [0, 0.05) is 23.8 Å². The maximum Gasteiger partial charge on any atom is 0.322 e. The quantitative estimate of drug-likeness (QED) is 0.875. The van der Waals surface area contributed by atoms with Crippen LogP contribution in [0, 0.1) is 24.7 Å². The molecule has 5 nitrogen and oxygen atoms in total. The largest absolute Gasteiger partial charge is 0.366 e. The summed E-state index contributed by atoms with van der Waals surface area (Å²) < 4.78 is 0. The van der Waals surface area contributed by atoms with Crippen LogP contribution in [0.5, 0.6) is 0 Å². The number of nitrogens with one attached hydrogen (secondary N) is 1. The monoisotopic (exact) mass is 327 g/mol. The van der Waals surface area contributed by atoms with E-state index < -0.39 is 5.91 Å². The Morgan fingerprint density at radius 2 is 1.75 bits per heavy atom. The predicted molar refractivity (Wildman–Crippen MR) is 92.8 cm³/mol. The highest BCUT2D eigenvalue weighted by atomic mass is 16.2. The van der Waals surface area contributed by atoms with Crippen LogP contribution in [0.1, 0.15) is 48.0 Å². The fourth-order valence-corrected chi connectivity index (χ4v) is 5.13. The number of nitrogens with zero attached hydrogens (tertiary/aromatic N) is 1. The molecule has 2 aliphatic heterocycles. The van der Waals surface area contributed by atoms with Gasteiger partial charge in [-0.05, 0) is 74.5 Å². The van der Waals surface area contributed by atoms with Gasteiger partial charge in [-0.15, -0.1) is 0 Å². The number of aryl methyl sites for hydroxylation is 1. The van der Waals surface area contributed by atoms with Crippen LogP contribution in [-0.2, 0) is 0 Å². The van der Waals surface area contributed by atoms with Gasteiger partial charge in [-0.1, -0.05) is 6.07 Å². The zero-order chi connectivity index (χ0) is 16.8. The minimum Gasteiger partial charge on any atom is -0.366 e. The van der Waals surface area contributed by atoms with Crippen molar-refractivity contribution in [1.29, 1.82) is 0 Å². The van der Waals surface area contributed by atoms with Crippen LogP contribution in [0.15, 0.2) is 18.2 Å². The Hall–Kier alpha value is -2.04. The molecule has 0 radical (unpaired) electrons. The maximum absolute atomic E-state index is 12.9. The molecule has 4 bridgehead atoms. The highest BCUT2D eigenvalue weighted by Crippen LogP contribution is 2.47. The molecule has 4 fully saturated rings. The fraction of sp³-hybridized carbons (Fsp3) is 0.579. The van der Waals surface area contributed by atoms with E-state index in [0.717, 1.165) is 36.8 Å². The first-order chi connectivity index (χ1) is 11.5. The van der Waals surface area contributed by atoms with E-state index in [1.54, 1.807) is 12.1 Å². The van der Waals surface area contributed by atoms with Crippen LogP contribution in [0.3, 0.4) is 0 Å². The number of rotatable bonds is 2. The van der Waals surface area contributed by atoms with E-state index in [9.17, 15) is 9.59 Å². The van der Waals surface area contributed by atoms with Gasteiger partial charge >= 0.3 is 6.03 Å². The summed E-state index contributed by atoms with van der Waals surface area (Å²) in [6, 6.07) is 5.54. The standard InChI is InChI=1S/C19H25N3O2/c1-11-2-3-15(18(20)23)9-17(11)21-19(24)22-10-14-5-12-4-13(6-14)8-16(22)7-12/h2-3,9,12-14,16H,4-8,10H2,1H3,(H2,20,23)(H,21,24). The third-order valence-corrected chi connectivity index (χ3v) is 6.13. The molecule has 5 heteroatoms. The number of amides is 3. The van der Waals surface area contributed by atoms with Crippen molar-refractivity contribution in [3.05, 3.63) is 29.3 Å². The number of fused-ring (bicyclic) bond motifs is 1. The fourth-order valence-electron chi connectivity index (χ4n) is 5.13. The Morgan fingerprint density at radius 1 is 1.08 bits per heavy atom. The number of hydrogen-bond donors (Lipinski definition) is 2. The highest BCUT2D eigenvalue weighted by Gasteiger charge is 2.44. The molecule has 3 N–H and O–H groups in total. The van der Waals surface area contributed by atoms with Gasteiger partial charge in [0.2, 0.25) is 5.91 Å². The predicted octanol–water partition coefficient (Wildman–Crippen LogP) is 3.14. The topological polar surface area (TPSA) is 75.4 Å². The van der Waals surface area contributed by atoms with E-state index in [4.69, 9.17) is 5.73 Å². The zero-order valence-electron chi connectivity index (χ0n) is 14.1. The Balaban J connectivity index is 1.54. The van der Waals surface area contributed by atoms with Crippen LogP contribution in [0.4, 0.5) is 10.5 Å². The van der Waals surface area contributed by atoms with Gasteiger partial charge in [-0.2, -0.15) is 0 Å². The van der Waals surface area contributed by atoms with Crippen molar-refractivity contribution >= 4 is 17.6 Å². The first-order valence-corrected chi connectivity index (χ1v) is 8.97. The molecule has 1 aromatic carbocycles. The molecule has 0 aromatic heterocycles. The summed E-state index contributed by atoms with van der Waals surface area (Å²) in [5.41, 5.74) is 7.40. The second kappa shape index (κ2) is 5.80. The number of carbonyl (C=O) groups is 2. The Kier molecular flexibility index (Phi) is 3.74. The summed E-state index contributed by atoms with van der Waals surface area (Å²) in [6.07, 6.45) is 6.24. The Bertz CT molecular complexity index is 673. The summed E-state index contributed by atoms with van der Waals surface area (Å²) in [7, 11) is 0. The van der Waals surface area contributed by atoms with Gasteiger partial charge in [0.15, 0.2) is 0 Å². The highest BCUT2D eigenvalue weighted by molar-refractivity contribution is 5.96. The Labute approximate surface area is 142 Å². The molecule has 2 unspecified atom stereocenters. The second-order valence-electron chi connectivity index (χ2n) is 7.91. The third kappa shape index (κ3) is 2.76. The summed E-state index contributed by atoms with van der Waals surface area (Å²) in [5.74, 6) is 1.80. The molecule has 3 amide bonds. The Morgan fingerprint density at radius 3 is 2.42 bits per heavy atom. The molecule has 2 saturated carbocycles. The first-order valence-electron chi connectivity index (χ1n) is 8.97. The van der Waals surface area contributed by atoms with Crippen molar-refractivity contribution < 1.29 is 9.59 Å². The van der Waals surface area contributed by atoms with E-state index in [1.807, 2.05) is 13.0 Å². The van der Waals surface area contributed by atoms with Gasteiger partial charge < -0.3 is 16.0 Å². The smallest absolute Gasteiger partial charge is 0.322 e. The molecule has 4 aliphatic rings. The molecular formula is C19H25N3O2. The lowest BCUT2D eigenvalue weighted by Gasteiger charge is -2.38. The van der Waals surface area contributed by atoms with Gasteiger partial charge in [-0.25, -0.2) is 4.79 Å². The van der Waals surface area contributed by atoms with E-state index in [0.29, 0.717) is 23.2 Å². The first kappa shape index (κ1) is 15.5. The van der Waals surface area contributed by atoms with Crippen molar-refractivity contribution in [2.24, 2.45) is 23.5 Å². The molecule has 2 heterocycles. The summed E-state index contributed by atoms with van der Waals surface area (Å²) in [5, 5.41) is 3.02. The van der Waals surface area contributed by atoms with Crippen LogP contribution in [0.25, 0.3) is 0 Å². The molecule has 24 heavy (non-hydrogen) atoms. The average molecular weight is 327 g/mol. The van der Waals surface area contributed by atoms with Crippen molar-refractivity contribution in [2.45, 2.75) is 45.1 Å². The van der Waals surface area contributed by atoms with Crippen molar-refractivity contribution in [1.82, 2.24) is 4.90 Å². The van der Waals surface area contributed by atoms with Gasteiger partial charge in [-0.3, -0.25) is 4.79 Å². The van der Waals surface area contributed by atoms with Crippen molar-refractivity contribution in [2.75, 3.05) is 11.9 Å². The van der Waals surface area contributed by atoms with Crippen LogP contribution in [-0.4, -0.2) is 29.4 Å². The molecule has 5 rings (SSSR count). The number of anilines is 1. The minimum atomic E-state index is -0.476. The van der Waals surface area contributed by atoms with Crippen molar-refractivity contribution in [3.8, 4) is 0 Å². The minimum absolute atomic E-state index is 0.0297. The van der Waals surface area contributed by atoms with Crippen LogP contribution in [0.2, 0.25) is 0 Å². The number of urea groups is 1. The molecule has 2 atom stereocenters. The van der Waals surface area contributed by atoms with E-state index in [2.05, 4.69) is 10.2 Å². The average Bonchev–Trinajstić information content (AvgIpc) is 2.73. The van der Waals surface area contributed by atoms with Crippen LogP contribution >= 0.6 is 0 Å². The molecular weight excluding hydrogens is 302 g/mol. The molecule has 0 spiro atoms. The molecule has 128 valence electrons. The second-order valence-corrected chi connectivity index (χ2v) is 7.91. The van der Waals surface area contributed by atoms with Gasteiger partial charge in [0.1, 0.15) is 0 Å². The normalized spacial score (nSPS) is 31.0. The van der Waals surface area contributed by atoms with Crippen molar-refractivity contribution in [3.63, 3.8) is 0 Å². The number of primary amides is 1. The summed E-state index contributed by atoms with van der Waals surface area (Å²) in [6.45, 7) is 2.80. The van der Waals surface area contributed by atoms with Gasteiger partial charge in [0.25, 0.3) is 0 Å². The molecule has 2 saturated heterocycles.